The second kappa shape index (κ2) is 7.03. The van der Waals surface area contributed by atoms with Crippen LogP contribution in [0.2, 0.25) is 0 Å². The van der Waals surface area contributed by atoms with Gasteiger partial charge in [0.2, 0.25) is 0 Å². The van der Waals surface area contributed by atoms with Gasteiger partial charge >= 0.3 is 0 Å². The number of rotatable bonds is 5. The number of amides is 1. The lowest BCUT2D eigenvalue weighted by Gasteiger charge is -2.07. The fourth-order valence-corrected chi connectivity index (χ4v) is 1.29. The molecule has 16 heavy (non-hydrogen) atoms. The average Bonchev–Trinajstić information content (AvgIpc) is 2.34. The monoisotopic (exact) mass is 284 g/mol. The lowest BCUT2D eigenvalue weighted by Crippen LogP contribution is -2.34. The predicted octanol–water partition coefficient (Wildman–Crippen LogP) is 1.46. The summed E-state index contributed by atoms with van der Waals surface area (Å²) in [5.74, 6) is 5.25. The molecule has 1 aromatic carbocycles. The van der Waals surface area contributed by atoms with Crippen LogP contribution in [0.3, 0.4) is 0 Å². The quantitative estimate of drug-likeness (QED) is 0.372. The minimum absolute atomic E-state index is 0.0876. The Morgan fingerprint density at radius 2 is 2.25 bits per heavy atom. The Labute approximate surface area is 103 Å². The van der Waals surface area contributed by atoms with Gasteiger partial charge in [-0.3, -0.25) is 10.2 Å². The maximum atomic E-state index is 10.9. The van der Waals surface area contributed by atoms with Gasteiger partial charge in [0.25, 0.3) is 5.91 Å². The van der Waals surface area contributed by atoms with Crippen LogP contribution in [0.25, 0.3) is 6.08 Å². The molecule has 0 atom stereocenters. The van der Waals surface area contributed by atoms with Crippen LogP contribution in [0.15, 0.2) is 30.3 Å². The molecule has 0 aromatic heterocycles. The zero-order valence-corrected chi connectivity index (χ0v) is 10.2. The van der Waals surface area contributed by atoms with E-state index in [0.29, 0.717) is 5.75 Å². The van der Waals surface area contributed by atoms with Crippen molar-refractivity contribution >= 4 is 27.9 Å². The van der Waals surface area contributed by atoms with Crippen molar-refractivity contribution in [1.29, 1.82) is 0 Å². The van der Waals surface area contributed by atoms with Gasteiger partial charge in [-0.25, -0.2) is 5.84 Å². The van der Waals surface area contributed by atoms with Crippen LogP contribution in [0.4, 0.5) is 0 Å². The van der Waals surface area contributed by atoms with Crippen molar-refractivity contribution in [3.8, 4) is 5.75 Å². The predicted molar refractivity (Wildman–Crippen MR) is 67.1 cm³/mol. The summed E-state index contributed by atoms with van der Waals surface area (Å²) in [6, 6.07) is 7.47. The van der Waals surface area contributed by atoms with Crippen LogP contribution in [-0.2, 0) is 4.79 Å². The molecule has 5 heteroatoms. The van der Waals surface area contributed by atoms with Crippen molar-refractivity contribution in [2.45, 2.75) is 0 Å². The molecule has 0 fully saturated rings. The Morgan fingerprint density at radius 3 is 2.94 bits per heavy atom. The van der Waals surface area contributed by atoms with Crippen molar-refractivity contribution < 1.29 is 9.53 Å². The summed E-state index contributed by atoms with van der Waals surface area (Å²) in [4.78, 5) is 10.9. The van der Waals surface area contributed by atoms with E-state index >= 15 is 0 Å². The maximum absolute atomic E-state index is 10.9. The number of alkyl halides is 1. The largest absolute Gasteiger partial charge is 0.483 e. The molecule has 4 nitrogen and oxygen atoms in total. The Hall–Kier alpha value is -1.33. The Morgan fingerprint density at radius 1 is 1.50 bits per heavy atom. The van der Waals surface area contributed by atoms with Crippen LogP contribution in [0.5, 0.6) is 5.75 Å². The highest BCUT2D eigenvalue weighted by Crippen LogP contribution is 2.19. The second-order valence-electron chi connectivity index (χ2n) is 2.95. The van der Waals surface area contributed by atoms with Gasteiger partial charge in [0, 0.05) is 10.9 Å². The van der Waals surface area contributed by atoms with Crippen LogP contribution in [0.1, 0.15) is 5.56 Å². The molecule has 0 radical (unpaired) electrons. The first-order valence-electron chi connectivity index (χ1n) is 4.71. The third-order valence-electron chi connectivity index (χ3n) is 1.83. The van der Waals surface area contributed by atoms with E-state index in [4.69, 9.17) is 10.6 Å². The van der Waals surface area contributed by atoms with E-state index in [1.54, 1.807) is 6.07 Å². The molecular weight excluding hydrogens is 272 g/mol. The number of para-hydroxylation sites is 1. The molecule has 86 valence electrons. The highest BCUT2D eigenvalue weighted by atomic mass is 79.9. The van der Waals surface area contributed by atoms with E-state index in [1.165, 1.54) is 0 Å². The highest BCUT2D eigenvalue weighted by molar-refractivity contribution is 9.09. The summed E-state index contributed by atoms with van der Waals surface area (Å²) in [5, 5.41) is 0.768. The van der Waals surface area contributed by atoms with Gasteiger partial charge in [-0.05, 0) is 6.07 Å². The van der Waals surface area contributed by atoms with Gasteiger partial charge in [-0.1, -0.05) is 46.3 Å². The molecule has 1 rings (SSSR count). The lowest BCUT2D eigenvalue weighted by atomic mass is 10.2. The van der Waals surface area contributed by atoms with E-state index in [2.05, 4.69) is 15.9 Å². The first kappa shape index (κ1) is 12.7. The topological polar surface area (TPSA) is 64.3 Å². The molecule has 0 bridgehead atoms. The van der Waals surface area contributed by atoms with Gasteiger partial charge in [0.15, 0.2) is 6.61 Å². The van der Waals surface area contributed by atoms with E-state index in [0.717, 1.165) is 10.9 Å². The molecule has 0 aliphatic heterocycles. The van der Waals surface area contributed by atoms with Crippen LogP contribution in [0, 0.1) is 0 Å². The summed E-state index contributed by atoms with van der Waals surface area (Å²) in [7, 11) is 0. The highest BCUT2D eigenvalue weighted by Gasteiger charge is 2.02. The van der Waals surface area contributed by atoms with Crippen LogP contribution >= 0.6 is 15.9 Å². The Bertz CT molecular complexity index is 380. The molecule has 3 N–H and O–H groups in total. The summed E-state index contributed by atoms with van der Waals surface area (Å²) < 4.78 is 5.33. The van der Waals surface area contributed by atoms with E-state index in [9.17, 15) is 4.79 Å². The van der Waals surface area contributed by atoms with E-state index < -0.39 is 0 Å². The summed E-state index contributed by atoms with van der Waals surface area (Å²) in [5.41, 5.74) is 2.93. The van der Waals surface area contributed by atoms with Gasteiger partial charge < -0.3 is 4.74 Å². The van der Waals surface area contributed by atoms with Crippen molar-refractivity contribution in [3.05, 3.63) is 35.9 Å². The van der Waals surface area contributed by atoms with Gasteiger partial charge in [-0.15, -0.1) is 0 Å². The molecule has 1 amide bonds. The number of nitrogens with two attached hydrogens (primary N) is 1. The number of benzene rings is 1. The zero-order chi connectivity index (χ0) is 11.8. The molecule has 0 saturated heterocycles. The number of hydrogen-bond acceptors (Lipinski definition) is 3. The molecule has 0 aliphatic rings. The minimum Gasteiger partial charge on any atom is -0.483 e. The first-order chi connectivity index (χ1) is 7.77. The molecule has 0 heterocycles. The fourth-order valence-electron chi connectivity index (χ4n) is 1.11. The van der Waals surface area contributed by atoms with Gasteiger partial charge in [0.05, 0.1) is 0 Å². The number of hydrogen-bond donors (Lipinski definition) is 2. The Kier molecular flexibility index (Phi) is 5.60. The maximum Gasteiger partial charge on any atom is 0.271 e. The number of halogens is 1. The zero-order valence-electron chi connectivity index (χ0n) is 8.65. The lowest BCUT2D eigenvalue weighted by molar-refractivity contribution is -0.123. The number of allylic oxidation sites excluding steroid dienone is 1. The summed E-state index contributed by atoms with van der Waals surface area (Å²) >= 11 is 3.30. The summed E-state index contributed by atoms with van der Waals surface area (Å²) in [6.07, 6.45) is 3.87. The van der Waals surface area contributed by atoms with Crippen molar-refractivity contribution in [1.82, 2.24) is 5.43 Å². The normalized spacial score (nSPS) is 10.4. The fraction of sp³-hybridized carbons (Fsp3) is 0.182. The Balaban J connectivity index is 2.71. The van der Waals surface area contributed by atoms with Crippen molar-refractivity contribution in [2.75, 3.05) is 11.9 Å². The van der Waals surface area contributed by atoms with E-state index in [-0.39, 0.29) is 12.5 Å². The number of ether oxygens (including phenoxy) is 1. The first-order valence-corrected chi connectivity index (χ1v) is 5.84. The van der Waals surface area contributed by atoms with E-state index in [1.807, 2.05) is 35.8 Å². The average molecular weight is 285 g/mol. The molecular formula is C11H13BrN2O2. The molecule has 0 saturated carbocycles. The van der Waals surface area contributed by atoms with Gasteiger partial charge in [-0.2, -0.15) is 0 Å². The number of carbonyl (C=O) groups is 1. The SMILES string of the molecule is NNC(=O)COc1ccccc1C=CCBr. The number of hydrazine groups is 1. The number of nitrogens with one attached hydrogen (secondary N) is 1. The smallest absolute Gasteiger partial charge is 0.271 e. The molecule has 0 unspecified atom stereocenters. The third kappa shape index (κ3) is 4.04. The third-order valence-corrected chi connectivity index (χ3v) is 2.20. The molecule has 0 aliphatic carbocycles. The number of carbonyl (C=O) groups excluding carboxylic acids is 1. The summed E-state index contributed by atoms with van der Waals surface area (Å²) in [6.45, 7) is -0.0876. The molecule has 0 spiro atoms. The van der Waals surface area contributed by atoms with Crippen molar-refractivity contribution in [3.63, 3.8) is 0 Å². The van der Waals surface area contributed by atoms with Crippen LogP contribution in [-0.4, -0.2) is 17.8 Å². The van der Waals surface area contributed by atoms with Crippen LogP contribution < -0.4 is 16.0 Å². The van der Waals surface area contributed by atoms with Crippen molar-refractivity contribution in [2.24, 2.45) is 5.84 Å². The van der Waals surface area contributed by atoms with Gasteiger partial charge in [0.1, 0.15) is 5.75 Å². The minimum atomic E-state index is -0.362. The molecule has 1 aromatic rings. The second-order valence-corrected chi connectivity index (χ2v) is 3.60. The standard InChI is InChI=1S/C11H13BrN2O2/c12-7-3-5-9-4-1-2-6-10(9)16-8-11(15)14-13/h1-6H,7-8,13H2,(H,14,15).